The van der Waals surface area contributed by atoms with Crippen molar-refractivity contribution in [3.8, 4) is 0 Å². The van der Waals surface area contributed by atoms with E-state index in [2.05, 4.69) is 6.08 Å². The van der Waals surface area contributed by atoms with Crippen molar-refractivity contribution in [2.75, 3.05) is 0 Å². The average molecular weight is 336 g/mol. The van der Waals surface area contributed by atoms with Gasteiger partial charge in [0, 0.05) is 12.3 Å². The van der Waals surface area contributed by atoms with E-state index in [1.807, 2.05) is 20.8 Å². The van der Waals surface area contributed by atoms with Crippen LogP contribution in [0.15, 0.2) is 11.6 Å². The highest BCUT2D eigenvalue weighted by Crippen LogP contribution is 2.37. The van der Waals surface area contributed by atoms with Gasteiger partial charge in [-0.2, -0.15) is 0 Å². The van der Waals surface area contributed by atoms with Crippen molar-refractivity contribution < 1.29 is 19.4 Å². The molecular formula is C20H32O4. The largest absolute Gasteiger partial charge is 0.459 e. The Kier molecular flexibility index (Phi) is 6.24. The Bertz CT molecular complexity index is 506. The molecule has 1 N–H and O–H groups in total. The van der Waals surface area contributed by atoms with Crippen molar-refractivity contribution in [2.45, 2.75) is 84.3 Å². The zero-order valence-corrected chi connectivity index (χ0v) is 15.5. The molecule has 4 heteroatoms. The third kappa shape index (κ3) is 4.69. The van der Waals surface area contributed by atoms with Crippen molar-refractivity contribution in [1.82, 2.24) is 0 Å². The van der Waals surface area contributed by atoms with Crippen LogP contribution in [0, 0.1) is 17.8 Å². The molecule has 4 nitrogen and oxygen atoms in total. The lowest BCUT2D eigenvalue weighted by Gasteiger charge is -2.40. The molecule has 0 spiro atoms. The zero-order chi connectivity index (χ0) is 17.9. The maximum atomic E-state index is 12.3. The molecule has 1 heterocycles. The number of rotatable bonds is 0. The number of aliphatic hydroxyl groups is 1. The van der Waals surface area contributed by atoms with E-state index in [1.165, 1.54) is 5.57 Å². The predicted octanol–water partition coefficient (Wildman–Crippen LogP) is 3.81. The normalized spacial score (nSPS) is 41.8. The molecular weight excluding hydrogens is 304 g/mol. The van der Waals surface area contributed by atoms with Gasteiger partial charge in [-0.05, 0) is 58.3 Å². The Labute approximate surface area is 145 Å². The molecule has 2 aliphatic rings. The number of carbonyl (C=O) groups is 2. The van der Waals surface area contributed by atoms with Crippen LogP contribution in [0.3, 0.4) is 0 Å². The minimum absolute atomic E-state index is 0.0323. The second kappa shape index (κ2) is 7.81. The summed E-state index contributed by atoms with van der Waals surface area (Å²) in [7, 11) is 0. The number of hydrogen-bond acceptors (Lipinski definition) is 4. The number of esters is 1. The average Bonchev–Trinajstić information content (AvgIpc) is 2.52. The van der Waals surface area contributed by atoms with Gasteiger partial charge in [0.2, 0.25) is 0 Å². The third-order valence-electron chi connectivity index (χ3n) is 5.98. The zero-order valence-electron chi connectivity index (χ0n) is 15.5. The molecule has 1 saturated heterocycles. The van der Waals surface area contributed by atoms with Crippen LogP contribution in [-0.4, -0.2) is 28.6 Å². The van der Waals surface area contributed by atoms with Crippen LogP contribution in [0.1, 0.15) is 72.6 Å². The summed E-state index contributed by atoms with van der Waals surface area (Å²) >= 11 is 0. The summed E-state index contributed by atoms with van der Waals surface area (Å²) in [4.78, 5) is 24.5. The number of fused-ring (bicyclic) bond motifs is 2. The van der Waals surface area contributed by atoms with E-state index in [0.29, 0.717) is 25.0 Å². The maximum Gasteiger partial charge on any atom is 0.309 e. The van der Waals surface area contributed by atoms with Crippen LogP contribution in [0.25, 0.3) is 0 Å². The lowest BCUT2D eigenvalue weighted by Crippen LogP contribution is -2.49. The summed E-state index contributed by atoms with van der Waals surface area (Å²) in [5, 5.41) is 10.8. The Morgan fingerprint density at radius 2 is 1.92 bits per heavy atom. The van der Waals surface area contributed by atoms with Gasteiger partial charge >= 0.3 is 5.97 Å². The molecule has 0 aromatic heterocycles. The third-order valence-corrected chi connectivity index (χ3v) is 5.98. The quantitative estimate of drug-likeness (QED) is 0.540. The topological polar surface area (TPSA) is 63.6 Å². The molecule has 0 amide bonds. The van der Waals surface area contributed by atoms with Crippen molar-refractivity contribution in [2.24, 2.45) is 17.8 Å². The number of Topliss-reactive ketones (excluding diaryl/α,β-unsaturated/α-hetero) is 1. The van der Waals surface area contributed by atoms with E-state index >= 15 is 0 Å². The van der Waals surface area contributed by atoms with Crippen molar-refractivity contribution in [1.29, 1.82) is 0 Å². The molecule has 2 rings (SSSR count). The summed E-state index contributed by atoms with van der Waals surface area (Å²) < 4.78 is 5.54. The fourth-order valence-electron chi connectivity index (χ4n) is 3.78. The van der Waals surface area contributed by atoms with Gasteiger partial charge in [-0.25, -0.2) is 0 Å². The SMILES string of the molecule is C/C1=C\CC[C@](C)(O)[C@@H]2C[C@@H](CC[C@@H](C)C(=O)CC1)[C@H](C)C(=O)O2. The van der Waals surface area contributed by atoms with Crippen molar-refractivity contribution in [3.63, 3.8) is 0 Å². The minimum atomic E-state index is -1.00. The van der Waals surface area contributed by atoms with Gasteiger partial charge in [0.05, 0.1) is 11.5 Å². The Morgan fingerprint density at radius 1 is 1.21 bits per heavy atom. The fourth-order valence-corrected chi connectivity index (χ4v) is 3.78. The first-order valence-corrected chi connectivity index (χ1v) is 9.32. The van der Waals surface area contributed by atoms with Crippen LogP contribution in [-0.2, 0) is 14.3 Å². The highest BCUT2D eigenvalue weighted by Gasteiger charge is 2.43. The molecule has 136 valence electrons. The first kappa shape index (κ1) is 19.2. The number of ketones is 1. The molecule has 0 radical (unpaired) electrons. The smallest absolute Gasteiger partial charge is 0.309 e. The number of allylic oxidation sites excluding steroid dienone is 2. The van der Waals surface area contributed by atoms with E-state index in [9.17, 15) is 14.7 Å². The molecule has 1 aliphatic carbocycles. The monoisotopic (exact) mass is 336 g/mol. The molecule has 0 aromatic rings. The first-order valence-electron chi connectivity index (χ1n) is 9.32. The summed E-state index contributed by atoms with van der Waals surface area (Å²) in [5.74, 6) is 0.154. The first-order chi connectivity index (χ1) is 11.2. The van der Waals surface area contributed by atoms with Gasteiger partial charge in [-0.15, -0.1) is 0 Å². The molecule has 1 fully saturated rings. The number of carbonyl (C=O) groups excluding carboxylic acids is 2. The van der Waals surface area contributed by atoms with Crippen LogP contribution < -0.4 is 0 Å². The van der Waals surface area contributed by atoms with Crippen LogP contribution in [0.5, 0.6) is 0 Å². The van der Waals surface area contributed by atoms with Crippen molar-refractivity contribution >= 4 is 11.8 Å². The Balaban J connectivity index is 2.20. The molecule has 0 saturated carbocycles. The molecule has 5 atom stereocenters. The predicted molar refractivity (Wildman–Crippen MR) is 93.4 cm³/mol. The van der Waals surface area contributed by atoms with Crippen LogP contribution in [0.2, 0.25) is 0 Å². The lowest BCUT2D eigenvalue weighted by atomic mass is 9.76. The van der Waals surface area contributed by atoms with E-state index in [0.717, 1.165) is 25.7 Å². The summed E-state index contributed by atoms with van der Waals surface area (Å²) in [5.41, 5.74) is 0.187. The van der Waals surface area contributed by atoms with Gasteiger partial charge in [-0.3, -0.25) is 9.59 Å². The summed E-state index contributed by atoms with van der Waals surface area (Å²) in [6.07, 6.45) is 6.66. The highest BCUT2D eigenvalue weighted by atomic mass is 16.6. The van der Waals surface area contributed by atoms with E-state index < -0.39 is 11.7 Å². The number of hydrogen-bond donors (Lipinski definition) is 1. The summed E-state index contributed by atoms with van der Waals surface area (Å²) in [6, 6.07) is 0. The number of ether oxygens (including phenoxy) is 1. The van der Waals surface area contributed by atoms with Crippen LogP contribution >= 0.6 is 0 Å². The summed E-state index contributed by atoms with van der Waals surface area (Å²) in [6.45, 7) is 7.71. The van der Waals surface area contributed by atoms with Gasteiger partial charge in [0.1, 0.15) is 11.9 Å². The fraction of sp³-hybridized carbons (Fsp3) is 0.800. The highest BCUT2D eigenvalue weighted by molar-refractivity contribution is 5.80. The minimum Gasteiger partial charge on any atom is -0.459 e. The van der Waals surface area contributed by atoms with Gasteiger partial charge in [0.25, 0.3) is 0 Å². The van der Waals surface area contributed by atoms with Gasteiger partial charge < -0.3 is 9.84 Å². The maximum absolute atomic E-state index is 12.3. The van der Waals surface area contributed by atoms with E-state index in [-0.39, 0.29) is 23.7 Å². The van der Waals surface area contributed by atoms with Crippen molar-refractivity contribution in [3.05, 3.63) is 11.6 Å². The van der Waals surface area contributed by atoms with Gasteiger partial charge in [-0.1, -0.05) is 25.5 Å². The lowest BCUT2D eigenvalue weighted by molar-refractivity contribution is -0.184. The molecule has 0 aromatic carbocycles. The molecule has 0 unspecified atom stereocenters. The second-order valence-corrected chi connectivity index (χ2v) is 8.10. The second-order valence-electron chi connectivity index (χ2n) is 8.10. The Hall–Kier alpha value is -1.16. The molecule has 2 bridgehead atoms. The van der Waals surface area contributed by atoms with Gasteiger partial charge in [0.15, 0.2) is 0 Å². The molecule has 1 aliphatic heterocycles. The molecule has 24 heavy (non-hydrogen) atoms. The van der Waals surface area contributed by atoms with Crippen LogP contribution in [0.4, 0.5) is 0 Å². The van der Waals surface area contributed by atoms with E-state index in [1.54, 1.807) is 6.92 Å². The standard InChI is InChI=1S/C20H32O4/c1-13-6-5-11-20(4,23)18-12-16(15(3)19(22)24-18)9-8-14(2)17(21)10-7-13/h6,14-16,18,23H,5,7-12H2,1-4H3/b13-6+/t14-,15+,16-,18+,20+/m1/s1. The Morgan fingerprint density at radius 3 is 2.62 bits per heavy atom. The van der Waals surface area contributed by atoms with E-state index in [4.69, 9.17) is 4.74 Å².